The molecular weight excluding hydrogens is 324 g/mol. The first-order valence-corrected chi connectivity index (χ1v) is 8.40. The lowest BCUT2D eigenvalue weighted by atomic mass is 9.79. The summed E-state index contributed by atoms with van der Waals surface area (Å²) in [4.78, 5) is 20.6. The molecule has 0 unspecified atom stereocenters. The molecule has 0 N–H and O–H groups in total. The van der Waals surface area contributed by atoms with Gasteiger partial charge in [0.25, 0.3) is 5.91 Å². The number of likely N-dealkylation sites (tertiary alicyclic amines) is 2. The minimum absolute atomic E-state index is 0.0315. The Morgan fingerprint density at radius 2 is 2.00 bits per heavy atom. The van der Waals surface area contributed by atoms with Gasteiger partial charge in [-0.15, -0.1) is 0 Å². The molecule has 1 aromatic carbocycles. The maximum atomic E-state index is 13.3. The number of hydrogen-bond donors (Lipinski definition) is 0. The van der Waals surface area contributed by atoms with Crippen LogP contribution in [-0.4, -0.2) is 46.9 Å². The smallest absolute Gasteiger partial charge is 0.255 e. The molecule has 6 heteroatoms. The molecule has 0 atom stereocenters. The summed E-state index contributed by atoms with van der Waals surface area (Å²) in [5.74, 6) is -1.59. The van der Waals surface area contributed by atoms with Crippen molar-refractivity contribution in [1.29, 1.82) is 0 Å². The third-order valence-electron chi connectivity index (χ3n) is 5.14. The molecule has 3 heterocycles. The maximum absolute atomic E-state index is 13.3. The van der Waals surface area contributed by atoms with Crippen molar-refractivity contribution in [2.24, 2.45) is 5.41 Å². The quantitative estimate of drug-likeness (QED) is 0.860. The average Bonchev–Trinajstić information content (AvgIpc) is 3.03. The normalized spacial score (nSPS) is 19.2. The van der Waals surface area contributed by atoms with Crippen molar-refractivity contribution >= 4 is 5.91 Å². The Morgan fingerprint density at radius 1 is 1.16 bits per heavy atom. The predicted octanol–water partition coefficient (Wildman–Crippen LogP) is 2.71. The molecular formula is C19H19F2N3O. The van der Waals surface area contributed by atoms with E-state index in [-0.39, 0.29) is 11.3 Å². The van der Waals surface area contributed by atoms with Crippen LogP contribution in [0.1, 0.15) is 22.3 Å². The van der Waals surface area contributed by atoms with Crippen LogP contribution in [0.3, 0.4) is 0 Å². The first kappa shape index (κ1) is 16.1. The largest absolute Gasteiger partial charge is 0.338 e. The van der Waals surface area contributed by atoms with Gasteiger partial charge in [0, 0.05) is 50.5 Å². The maximum Gasteiger partial charge on any atom is 0.255 e. The fraction of sp³-hybridized carbons (Fsp3) is 0.368. The summed E-state index contributed by atoms with van der Waals surface area (Å²) in [6, 6.07) is 7.61. The van der Waals surface area contributed by atoms with E-state index in [0.29, 0.717) is 12.1 Å². The molecule has 25 heavy (non-hydrogen) atoms. The molecule has 2 saturated heterocycles. The Balaban J connectivity index is 1.34. The highest BCUT2D eigenvalue weighted by atomic mass is 19.2. The number of hydrogen-bond acceptors (Lipinski definition) is 3. The van der Waals surface area contributed by atoms with Crippen LogP contribution in [0.5, 0.6) is 0 Å². The molecule has 2 aliphatic heterocycles. The molecule has 130 valence electrons. The molecule has 1 spiro atoms. The number of rotatable bonds is 3. The lowest BCUT2D eigenvalue weighted by Crippen LogP contribution is -2.57. The van der Waals surface area contributed by atoms with Gasteiger partial charge >= 0.3 is 0 Å². The van der Waals surface area contributed by atoms with Gasteiger partial charge in [0.2, 0.25) is 0 Å². The number of carbonyl (C=O) groups is 1. The third-order valence-corrected chi connectivity index (χ3v) is 5.14. The van der Waals surface area contributed by atoms with Crippen molar-refractivity contribution in [2.45, 2.75) is 13.0 Å². The van der Waals surface area contributed by atoms with Crippen LogP contribution in [0, 0.1) is 17.0 Å². The van der Waals surface area contributed by atoms with Gasteiger partial charge in [-0.05, 0) is 36.2 Å². The fourth-order valence-corrected chi connectivity index (χ4v) is 3.95. The van der Waals surface area contributed by atoms with E-state index in [1.165, 1.54) is 12.1 Å². The van der Waals surface area contributed by atoms with Gasteiger partial charge in [-0.3, -0.25) is 14.7 Å². The van der Waals surface area contributed by atoms with Crippen LogP contribution in [-0.2, 0) is 6.54 Å². The average molecular weight is 343 g/mol. The molecule has 0 radical (unpaired) electrons. The lowest BCUT2D eigenvalue weighted by molar-refractivity contribution is 0.00253. The van der Waals surface area contributed by atoms with Crippen LogP contribution in [0.2, 0.25) is 0 Å². The summed E-state index contributed by atoms with van der Waals surface area (Å²) in [6.45, 7) is 3.86. The molecule has 0 saturated carbocycles. The van der Waals surface area contributed by atoms with E-state index in [2.05, 4.69) is 9.88 Å². The molecule has 0 aliphatic carbocycles. The fourth-order valence-electron chi connectivity index (χ4n) is 3.95. The Morgan fingerprint density at radius 3 is 2.72 bits per heavy atom. The second kappa shape index (κ2) is 6.19. The molecule has 2 aromatic rings. The minimum atomic E-state index is -0.816. The molecule has 4 nitrogen and oxygen atoms in total. The number of carbonyl (C=O) groups excluding carboxylic acids is 1. The highest BCUT2D eigenvalue weighted by molar-refractivity contribution is 5.94. The monoisotopic (exact) mass is 343 g/mol. The third kappa shape index (κ3) is 3.14. The van der Waals surface area contributed by atoms with Gasteiger partial charge in [0.05, 0.1) is 5.56 Å². The predicted molar refractivity (Wildman–Crippen MR) is 88.8 cm³/mol. The van der Waals surface area contributed by atoms with Gasteiger partial charge in [-0.2, -0.15) is 0 Å². The van der Waals surface area contributed by atoms with Crippen molar-refractivity contribution in [1.82, 2.24) is 14.8 Å². The van der Waals surface area contributed by atoms with Gasteiger partial charge in [-0.25, -0.2) is 8.78 Å². The van der Waals surface area contributed by atoms with E-state index in [0.717, 1.165) is 38.2 Å². The Labute approximate surface area is 145 Å². The number of aromatic nitrogens is 1. The number of amides is 1. The first-order valence-electron chi connectivity index (χ1n) is 8.40. The summed E-state index contributed by atoms with van der Waals surface area (Å²) < 4.78 is 26.3. The van der Waals surface area contributed by atoms with Crippen molar-refractivity contribution < 1.29 is 13.6 Å². The molecule has 4 rings (SSSR count). The standard InChI is InChI=1S/C19H19F2N3O/c20-16-4-3-14(8-17(16)21)10-23-11-19(12-23)5-7-24(13-19)18(25)15-2-1-6-22-9-15/h1-4,6,8-9H,5,7,10-13H2. The summed E-state index contributed by atoms with van der Waals surface area (Å²) in [6.07, 6.45) is 4.24. The second-order valence-corrected chi connectivity index (χ2v) is 7.11. The number of nitrogens with zero attached hydrogens (tertiary/aromatic N) is 3. The molecule has 2 aliphatic rings. The van der Waals surface area contributed by atoms with E-state index in [9.17, 15) is 13.6 Å². The number of benzene rings is 1. The van der Waals surface area contributed by atoms with Crippen molar-refractivity contribution in [2.75, 3.05) is 26.2 Å². The van der Waals surface area contributed by atoms with Crippen LogP contribution in [0.25, 0.3) is 0 Å². The molecule has 0 bridgehead atoms. The molecule has 1 amide bonds. The van der Waals surface area contributed by atoms with E-state index in [1.807, 2.05) is 4.90 Å². The van der Waals surface area contributed by atoms with Crippen molar-refractivity contribution in [3.63, 3.8) is 0 Å². The van der Waals surface area contributed by atoms with E-state index >= 15 is 0 Å². The Hall–Kier alpha value is -2.34. The van der Waals surface area contributed by atoms with Crippen molar-refractivity contribution in [3.8, 4) is 0 Å². The van der Waals surface area contributed by atoms with E-state index in [4.69, 9.17) is 0 Å². The lowest BCUT2D eigenvalue weighted by Gasteiger charge is -2.48. The highest BCUT2D eigenvalue weighted by Gasteiger charge is 2.48. The summed E-state index contributed by atoms with van der Waals surface area (Å²) in [5.41, 5.74) is 1.53. The van der Waals surface area contributed by atoms with Gasteiger partial charge in [0.1, 0.15) is 0 Å². The first-order chi connectivity index (χ1) is 12.0. The van der Waals surface area contributed by atoms with Gasteiger partial charge in [-0.1, -0.05) is 6.07 Å². The zero-order valence-corrected chi connectivity index (χ0v) is 13.8. The zero-order chi connectivity index (χ0) is 17.4. The van der Waals surface area contributed by atoms with E-state index < -0.39 is 11.6 Å². The zero-order valence-electron chi connectivity index (χ0n) is 13.8. The van der Waals surface area contributed by atoms with Gasteiger partial charge in [0.15, 0.2) is 11.6 Å². The number of halogens is 2. The van der Waals surface area contributed by atoms with Crippen molar-refractivity contribution in [3.05, 3.63) is 65.5 Å². The number of pyridine rings is 1. The van der Waals surface area contributed by atoms with Crippen LogP contribution in [0.4, 0.5) is 8.78 Å². The Kier molecular flexibility index (Phi) is 4.00. The van der Waals surface area contributed by atoms with Gasteiger partial charge < -0.3 is 4.90 Å². The Bertz CT molecular complexity index is 791. The summed E-state index contributed by atoms with van der Waals surface area (Å²) >= 11 is 0. The summed E-state index contributed by atoms with van der Waals surface area (Å²) in [7, 11) is 0. The second-order valence-electron chi connectivity index (χ2n) is 7.11. The highest BCUT2D eigenvalue weighted by Crippen LogP contribution is 2.40. The molecule has 1 aromatic heterocycles. The summed E-state index contributed by atoms with van der Waals surface area (Å²) in [5, 5.41) is 0. The van der Waals surface area contributed by atoms with Crippen LogP contribution in [0.15, 0.2) is 42.7 Å². The van der Waals surface area contributed by atoms with E-state index in [1.54, 1.807) is 30.6 Å². The topological polar surface area (TPSA) is 36.4 Å². The van der Waals surface area contributed by atoms with Crippen LogP contribution >= 0.6 is 0 Å². The molecule has 2 fully saturated rings. The minimum Gasteiger partial charge on any atom is -0.338 e. The van der Waals surface area contributed by atoms with Crippen LogP contribution < -0.4 is 0 Å². The SMILES string of the molecule is O=C(c1cccnc1)N1CCC2(CN(Cc3ccc(F)c(F)c3)C2)C1.